The summed E-state index contributed by atoms with van der Waals surface area (Å²) in [7, 11) is 1.42. The number of esters is 1. The molecule has 0 saturated heterocycles. The number of hydrogen-bond donors (Lipinski definition) is 1. The van der Waals surface area contributed by atoms with Gasteiger partial charge in [-0.2, -0.15) is 0 Å². The molecule has 0 spiro atoms. The molecule has 0 bridgehead atoms. The zero-order valence-corrected chi connectivity index (χ0v) is 12.1. The number of rotatable bonds is 3. The Balaban J connectivity index is 2.12. The van der Waals surface area contributed by atoms with E-state index in [1.54, 1.807) is 0 Å². The van der Waals surface area contributed by atoms with E-state index in [1.807, 2.05) is 12.1 Å². The second-order valence-electron chi connectivity index (χ2n) is 5.15. The van der Waals surface area contributed by atoms with Crippen molar-refractivity contribution in [2.45, 2.75) is 31.8 Å². The normalized spacial score (nSPS) is 18.0. The van der Waals surface area contributed by atoms with Crippen LogP contribution in [0.2, 0.25) is 0 Å². The zero-order valence-electron chi connectivity index (χ0n) is 11.4. The third-order valence-electron chi connectivity index (χ3n) is 4.04. The minimum absolute atomic E-state index is 0.217. The molecule has 1 aromatic carbocycles. The molecule has 3 rings (SSSR count). The second kappa shape index (κ2) is 5.46. The van der Waals surface area contributed by atoms with Crippen LogP contribution in [0.3, 0.4) is 0 Å². The molecule has 1 heterocycles. The monoisotopic (exact) mass is 292 g/mol. The van der Waals surface area contributed by atoms with E-state index in [0.717, 1.165) is 24.8 Å². The molecule has 1 aliphatic carbocycles. The number of methoxy groups -OCH3 is 1. The van der Waals surface area contributed by atoms with Crippen LogP contribution < -0.4 is 4.84 Å². The molecule has 2 aromatic rings. The Labute approximate surface area is 122 Å². The summed E-state index contributed by atoms with van der Waals surface area (Å²) in [5.74, 6) is -0.217. The van der Waals surface area contributed by atoms with E-state index >= 15 is 0 Å². The first-order valence-corrected chi connectivity index (χ1v) is 7.14. The van der Waals surface area contributed by atoms with Crippen molar-refractivity contribution in [1.82, 2.24) is 9.40 Å². The highest BCUT2D eigenvalue weighted by atomic mass is 35.5. The van der Waals surface area contributed by atoms with Crippen molar-refractivity contribution in [3.63, 3.8) is 0 Å². The maximum Gasteiger partial charge on any atom is 0.325 e. The molecule has 1 N–H and O–H groups in total. The molecule has 0 aliphatic heterocycles. The fourth-order valence-electron chi connectivity index (χ4n) is 3.07. The van der Waals surface area contributed by atoms with Gasteiger partial charge in [0.1, 0.15) is 6.54 Å². The summed E-state index contributed by atoms with van der Waals surface area (Å²) in [6.45, 7) is 0.269. The Morgan fingerprint density at radius 3 is 3.05 bits per heavy atom. The molecule has 0 unspecified atom stereocenters. The number of fused-ring (bicyclic) bond motifs is 3. The molecule has 20 heavy (non-hydrogen) atoms. The van der Waals surface area contributed by atoms with E-state index in [-0.39, 0.29) is 12.5 Å². The topological polar surface area (TPSA) is 43.3 Å². The third-order valence-corrected chi connectivity index (χ3v) is 4.35. The molecule has 0 saturated carbocycles. The number of aromatic nitrogens is 1. The van der Waals surface area contributed by atoms with E-state index in [9.17, 15) is 4.79 Å². The zero-order chi connectivity index (χ0) is 14.1. The lowest BCUT2D eigenvalue weighted by Crippen LogP contribution is -2.29. The Kier molecular flexibility index (Phi) is 3.68. The van der Waals surface area contributed by atoms with Crippen molar-refractivity contribution in [2.24, 2.45) is 0 Å². The number of nitrogens with zero attached hydrogens (tertiary/aromatic N) is 1. The van der Waals surface area contributed by atoms with Crippen molar-refractivity contribution < 1.29 is 9.53 Å². The molecular weight excluding hydrogens is 276 g/mol. The minimum atomic E-state index is -0.217. The molecule has 0 amide bonds. The molecule has 106 valence electrons. The number of halogens is 1. The van der Waals surface area contributed by atoms with Crippen LogP contribution in [0.25, 0.3) is 10.9 Å². The first-order chi connectivity index (χ1) is 9.74. The third kappa shape index (κ3) is 2.19. The predicted octanol–water partition coefficient (Wildman–Crippen LogP) is 2.42. The standard InChI is InChI=1S/C15H17ClN2O2/c1-20-15(19)9-18-13-5-3-2-4-11(13)12-8-10(17-16)6-7-14(12)18/h2-5,10,17H,6-9H2,1H3/t10-/m1/s1. The number of ether oxygens (including phenoxy) is 1. The van der Waals surface area contributed by atoms with Crippen molar-refractivity contribution >= 4 is 28.6 Å². The lowest BCUT2D eigenvalue weighted by atomic mass is 9.92. The van der Waals surface area contributed by atoms with Crippen LogP contribution in [-0.2, 0) is 28.9 Å². The summed E-state index contributed by atoms with van der Waals surface area (Å²) < 4.78 is 6.90. The summed E-state index contributed by atoms with van der Waals surface area (Å²) >= 11 is 5.78. The highest BCUT2D eigenvalue weighted by Gasteiger charge is 2.25. The number of carbonyl (C=O) groups excluding carboxylic acids is 1. The van der Waals surface area contributed by atoms with Gasteiger partial charge in [-0.3, -0.25) is 4.79 Å². The molecule has 1 atom stereocenters. The van der Waals surface area contributed by atoms with Gasteiger partial charge in [0.25, 0.3) is 0 Å². The lowest BCUT2D eigenvalue weighted by Gasteiger charge is -2.22. The number of carbonyl (C=O) groups is 1. The highest BCUT2D eigenvalue weighted by Crippen LogP contribution is 2.32. The molecule has 1 aromatic heterocycles. The van der Waals surface area contributed by atoms with Crippen LogP contribution >= 0.6 is 11.8 Å². The smallest absolute Gasteiger partial charge is 0.325 e. The van der Waals surface area contributed by atoms with Crippen LogP contribution in [-0.4, -0.2) is 23.7 Å². The van der Waals surface area contributed by atoms with Gasteiger partial charge >= 0.3 is 5.97 Å². The SMILES string of the molecule is COC(=O)Cn1c2c(c3ccccc31)C[C@H](NCl)CC2. The largest absolute Gasteiger partial charge is 0.468 e. The van der Waals surface area contributed by atoms with Crippen molar-refractivity contribution in [3.05, 3.63) is 35.5 Å². The highest BCUT2D eigenvalue weighted by molar-refractivity contribution is 6.13. The molecule has 0 fully saturated rings. The fraction of sp³-hybridized carbons (Fsp3) is 0.400. The van der Waals surface area contributed by atoms with Crippen molar-refractivity contribution in [2.75, 3.05) is 7.11 Å². The Hall–Kier alpha value is -1.52. The van der Waals surface area contributed by atoms with Crippen LogP contribution in [0, 0.1) is 0 Å². The molecule has 5 heteroatoms. The first-order valence-electron chi connectivity index (χ1n) is 6.76. The first kappa shape index (κ1) is 13.5. The second-order valence-corrected chi connectivity index (χ2v) is 5.37. The Morgan fingerprint density at radius 1 is 1.50 bits per heavy atom. The van der Waals surface area contributed by atoms with E-state index in [0.29, 0.717) is 6.04 Å². The minimum Gasteiger partial charge on any atom is -0.468 e. The average Bonchev–Trinajstić information content (AvgIpc) is 2.81. The molecule has 0 radical (unpaired) electrons. The summed E-state index contributed by atoms with van der Waals surface area (Å²) in [4.78, 5) is 14.5. The van der Waals surface area contributed by atoms with Gasteiger partial charge in [-0.15, -0.1) is 0 Å². The van der Waals surface area contributed by atoms with Gasteiger partial charge in [-0.1, -0.05) is 18.2 Å². The molecule has 1 aliphatic rings. The summed E-state index contributed by atoms with van der Waals surface area (Å²) in [5, 5.41) is 1.21. The van der Waals surface area contributed by atoms with Gasteiger partial charge in [0.05, 0.1) is 7.11 Å². The lowest BCUT2D eigenvalue weighted by molar-refractivity contribution is -0.141. The van der Waals surface area contributed by atoms with Crippen molar-refractivity contribution in [3.8, 4) is 0 Å². The van der Waals surface area contributed by atoms with Gasteiger partial charge in [-0.25, -0.2) is 4.84 Å². The molecular formula is C15H17ClN2O2. The maximum atomic E-state index is 11.7. The van der Waals surface area contributed by atoms with Gasteiger partial charge < -0.3 is 9.30 Å². The van der Waals surface area contributed by atoms with Crippen LogP contribution in [0.4, 0.5) is 0 Å². The van der Waals surface area contributed by atoms with Crippen LogP contribution in [0.5, 0.6) is 0 Å². The van der Waals surface area contributed by atoms with E-state index in [2.05, 4.69) is 21.5 Å². The van der Waals surface area contributed by atoms with Crippen LogP contribution in [0.15, 0.2) is 24.3 Å². The fourth-order valence-corrected chi connectivity index (χ4v) is 3.25. The van der Waals surface area contributed by atoms with Gasteiger partial charge in [0.2, 0.25) is 0 Å². The number of nitrogens with one attached hydrogen (secondary N) is 1. The number of benzene rings is 1. The Bertz CT molecular complexity index is 651. The summed E-state index contributed by atoms with van der Waals surface area (Å²) in [5.41, 5.74) is 3.63. The van der Waals surface area contributed by atoms with E-state index < -0.39 is 0 Å². The summed E-state index contributed by atoms with van der Waals surface area (Å²) in [6.07, 6.45) is 2.80. The quantitative estimate of drug-likeness (QED) is 0.698. The summed E-state index contributed by atoms with van der Waals surface area (Å²) in [6, 6.07) is 8.49. The van der Waals surface area contributed by atoms with Gasteiger partial charge in [0.15, 0.2) is 0 Å². The van der Waals surface area contributed by atoms with E-state index in [1.165, 1.54) is 23.8 Å². The number of hydrogen-bond acceptors (Lipinski definition) is 3. The van der Waals surface area contributed by atoms with Crippen molar-refractivity contribution in [1.29, 1.82) is 0 Å². The average molecular weight is 293 g/mol. The van der Waals surface area contributed by atoms with Crippen LogP contribution in [0.1, 0.15) is 17.7 Å². The number of para-hydroxylation sites is 1. The van der Waals surface area contributed by atoms with Gasteiger partial charge in [0, 0.05) is 22.6 Å². The van der Waals surface area contributed by atoms with Gasteiger partial charge in [-0.05, 0) is 42.7 Å². The Morgan fingerprint density at radius 2 is 2.30 bits per heavy atom. The maximum absolute atomic E-state index is 11.7. The molecule has 4 nitrogen and oxygen atoms in total. The van der Waals surface area contributed by atoms with E-state index in [4.69, 9.17) is 16.5 Å². The predicted molar refractivity (Wildman–Crippen MR) is 78.8 cm³/mol.